The molecule has 0 aliphatic carbocycles. The predicted octanol–water partition coefficient (Wildman–Crippen LogP) is 2.57. The van der Waals surface area contributed by atoms with Gasteiger partial charge in [-0.15, -0.1) is 0 Å². The first kappa shape index (κ1) is 14.9. The molecule has 1 aliphatic heterocycles. The molecule has 5 nitrogen and oxygen atoms in total. The van der Waals surface area contributed by atoms with Crippen LogP contribution >= 0.6 is 0 Å². The predicted molar refractivity (Wildman–Crippen MR) is 79.4 cm³/mol. The third-order valence-corrected chi connectivity index (χ3v) is 4.58. The molecule has 0 bridgehead atoms. The van der Waals surface area contributed by atoms with Crippen molar-refractivity contribution >= 4 is 5.69 Å². The molecule has 1 aromatic rings. The monoisotopic (exact) mass is 277 g/mol. The Labute approximate surface area is 119 Å². The maximum absolute atomic E-state index is 10.7. The molecule has 0 amide bonds. The molecule has 0 spiro atoms. The maximum atomic E-state index is 10.7. The first-order valence-electron chi connectivity index (χ1n) is 7.21. The summed E-state index contributed by atoms with van der Waals surface area (Å²) >= 11 is 0. The number of hydrogen-bond donors (Lipinski definition) is 1. The van der Waals surface area contributed by atoms with E-state index >= 15 is 0 Å². The average molecular weight is 277 g/mol. The Bertz CT molecular complexity index is 461. The Hall–Kier alpha value is -1.46. The Morgan fingerprint density at radius 2 is 2.10 bits per heavy atom. The number of nitrogens with two attached hydrogens (primary N) is 1. The van der Waals surface area contributed by atoms with Crippen LogP contribution in [0, 0.1) is 22.0 Å². The molecule has 1 saturated heterocycles. The largest absolute Gasteiger partial charge is 0.330 e. The summed E-state index contributed by atoms with van der Waals surface area (Å²) in [6.07, 6.45) is 1.17. The lowest BCUT2D eigenvalue weighted by Gasteiger charge is -2.40. The lowest BCUT2D eigenvalue weighted by molar-refractivity contribution is -0.384. The average Bonchev–Trinajstić information content (AvgIpc) is 2.47. The highest BCUT2D eigenvalue weighted by molar-refractivity contribution is 5.34. The van der Waals surface area contributed by atoms with Crippen LogP contribution in [0.15, 0.2) is 24.3 Å². The number of non-ortho nitro benzene ring substituents is 1. The van der Waals surface area contributed by atoms with E-state index < -0.39 is 0 Å². The molecular weight excluding hydrogens is 254 g/mol. The summed E-state index contributed by atoms with van der Waals surface area (Å²) in [6, 6.07) is 7.16. The molecule has 110 valence electrons. The van der Waals surface area contributed by atoms with E-state index in [0.29, 0.717) is 11.8 Å². The van der Waals surface area contributed by atoms with Crippen LogP contribution in [0.1, 0.15) is 31.9 Å². The van der Waals surface area contributed by atoms with Crippen molar-refractivity contribution < 1.29 is 4.92 Å². The van der Waals surface area contributed by atoms with Gasteiger partial charge < -0.3 is 5.73 Å². The molecule has 0 aromatic heterocycles. The number of nitrogens with zero attached hydrogens (tertiary/aromatic N) is 2. The van der Waals surface area contributed by atoms with Crippen molar-refractivity contribution in [2.24, 2.45) is 17.6 Å². The summed E-state index contributed by atoms with van der Waals surface area (Å²) in [4.78, 5) is 12.8. The Morgan fingerprint density at radius 3 is 2.65 bits per heavy atom. The first-order valence-corrected chi connectivity index (χ1v) is 7.21. The molecule has 3 unspecified atom stereocenters. The molecule has 0 saturated carbocycles. The zero-order valence-electron chi connectivity index (χ0n) is 12.2. The third-order valence-electron chi connectivity index (χ3n) is 4.58. The normalized spacial score (nSPS) is 25.4. The van der Waals surface area contributed by atoms with Gasteiger partial charge >= 0.3 is 0 Å². The molecule has 1 aromatic carbocycles. The minimum Gasteiger partial charge on any atom is -0.330 e. The summed E-state index contributed by atoms with van der Waals surface area (Å²) in [7, 11) is 0. The molecule has 5 heteroatoms. The van der Waals surface area contributed by atoms with Gasteiger partial charge in [-0.3, -0.25) is 15.0 Å². The van der Waals surface area contributed by atoms with Crippen molar-refractivity contribution in [2.45, 2.75) is 26.3 Å². The van der Waals surface area contributed by atoms with Gasteiger partial charge in [0.05, 0.1) is 4.92 Å². The number of piperidine rings is 1. The maximum Gasteiger partial charge on any atom is 0.269 e. The van der Waals surface area contributed by atoms with E-state index in [9.17, 15) is 10.1 Å². The van der Waals surface area contributed by atoms with Gasteiger partial charge in [-0.2, -0.15) is 0 Å². The van der Waals surface area contributed by atoms with Crippen molar-refractivity contribution in [3.63, 3.8) is 0 Å². The topological polar surface area (TPSA) is 72.4 Å². The fourth-order valence-electron chi connectivity index (χ4n) is 2.92. The van der Waals surface area contributed by atoms with Gasteiger partial charge in [-0.25, -0.2) is 0 Å². The molecule has 0 radical (unpaired) electrons. The summed E-state index contributed by atoms with van der Waals surface area (Å²) in [5.41, 5.74) is 7.12. The van der Waals surface area contributed by atoms with E-state index in [1.165, 1.54) is 6.42 Å². The second-order valence-corrected chi connectivity index (χ2v) is 5.78. The number of nitro benzene ring substituents is 1. The molecule has 2 rings (SSSR count). The highest BCUT2D eigenvalue weighted by Crippen LogP contribution is 2.30. The van der Waals surface area contributed by atoms with Crippen LogP contribution in [0.2, 0.25) is 0 Å². The molecule has 20 heavy (non-hydrogen) atoms. The molecule has 1 fully saturated rings. The minimum absolute atomic E-state index is 0.146. The number of rotatable bonds is 4. The van der Waals surface area contributed by atoms with Crippen LogP contribution in [-0.4, -0.2) is 29.5 Å². The SMILES string of the molecule is CC1CCN(C(C)c2ccc([N+](=O)[O-])cc2)CC1CN. The zero-order chi connectivity index (χ0) is 14.7. The van der Waals surface area contributed by atoms with Gasteiger partial charge in [0.2, 0.25) is 0 Å². The molecular formula is C15H23N3O2. The van der Waals surface area contributed by atoms with Gasteiger partial charge in [-0.05, 0) is 43.8 Å². The number of likely N-dealkylation sites (tertiary alicyclic amines) is 1. The summed E-state index contributed by atoms with van der Waals surface area (Å²) in [5.74, 6) is 1.23. The van der Waals surface area contributed by atoms with E-state index in [1.807, 2.05) is 12.1 Å². The van der Waals surface area contributed by atoms with Crippen LogP contribution in [0.25, 0.3) is 0 Å². The van der Waals surface area contributed by atoms with Crippen molar-refractivity contribution in [3.05, 3.63) is 39.9 Å². The second-order valence-electron chi connectivity index (χ2n) is 5.78. The van der Waals surface area contributed by atoms with Crippen LogP contribution in [0.4, 0.5) is 5.69 Å². The van der Waals surface area contributed by atoms with Crippen LogP contribution < -0.4 is 5.73 Å². The quantitative estimate of drug-likeness (QED) is 0.678. The van der Waals surface area contributed by atoms with Crippen LogP contribution in [-0.2, 0) is 0 Å². The number of nitro groups is 1. The summed E-state index contributed by atoms with van der Waals surface area (Å²) < 4.78 is 0. The Kier molecular flexibility index (Phi) is 4.73. The highest BCUT2D eigenvalue weighted by atomic mass is 16.6. The van der Waals surface area contributed by atoms with Crippen molar-refractivity contribution in [3.8, 4) is 0 Å². The number of benzene rings is 1. The molecule has 2 N–H and O–H groups in total. The first-order chi connectivity index (χ1) is 9.52. The van der Waals surface area contributed by atoms with E-state index in [0.717, 1.165) is 25.2 Å². The van der Waals surface area contributed by atoms with E-state index in [2.05, 4.69) is 18.7 Å². The van der Waals surface area contributed by atoms with Crippen molar-refractivity contribution in [1.82, 2.24) is 4.90 Å². The third kappa shape index (κ3) is 3.16. The fraction of sp³-hybridized carbons (Fsp3) is 0.600. The Balaban J connectivity index is 2.07. The van der Waals surface area contributed by atoms with Crippen LogP contribution in [0.3, 0.4) is 0 Å². The Morgan fingerprint density at radius 1 is 1.45 bits per heavy atom. The lowest BCUT2D eigenvalue weighted by Crippen LogP contribution is -2.43. The zero-order valence-corrected chi connectivity index (χ0v) is 12.2. The standard InChI is InChI=1S/C15H23N3O2/c1-11-7-8-17(10-14(11)9-16)12(2)13-3-5-15(6-4-13)18(19)20/h3-6,11-12,14H,7-10,16H2,1-2H3. The van der Waals surface area contributed by atoms with Gasteiger partial charge in [-0.1, -0.05) is 19.1 Å². The fourth-order valence-corrected chi connectivity index (χ4v) is 2.92. The van der Waals surface area contributed by atoms with Crippen LogP contribution in [0.5, 0.6) is 0 Å². The minimum atomic E-state index is -0.360. The second kappa shape index (κ2) is 6.33. The van der Waals surface area contributed by atoms with E-state index in [1.54, 1.807) is 12.1 Å². The van der Waals surface area contributed by atoms with Crippen molar-refractivity contribution in [2.75, 3.05) is 19.6 Å². The number of hydrogen-bond acceptors (Lipinski definition) is 4. The molecule has 3 atom stereocenters. The van der Waals surface area contributed by atoms with Gasteiger partial charge in [0.15, 0.2) is 0 Å². The molecule has 1 aliphatic rings. The van der Waals surface area contributed by atoms with Gasteiger partial charge in [0.1, 0.15) is 0 Å². The summed E-state index contributed by atoms with van der Waals surface area (Å²) in [5, 5.41) is 10.7. The molecule has 1 heterocycles. The van der Waals surface area contributed by atoms with Gasteiger partial charge in [0, 0.05) is 24.7 Å². The van der Waals surface area contributed by atoms with Gasteiger partial charge in [0.25, 0.3) is 5.69 Å². The van der Waals surface area contributed by atoms with Crippen molar-refractivity contribution in [1.29, 1.82) is 0 Å². The summed E-state index contributed by atoms with van der Waals surface area (Å²) in [6.45, 7) is 7.23. The van der Waals surface area contributed by atoms with E-state index in [-0.39, 0.29) is 16.7 Å². The smallest absolute Gasteiger partial charge is 0.269 e. The van der Waals surface area contributed by atoms with E-state index in [4.69, 9.17) is 5.73 Å². The highest BCUT2D eigenvalue weighted by Gasteiger charge is 2.28. The lowest BCUT2D eigenvalue weighted by atomic mass is 9.86.